The van der Waals surface area contributed by atoms with Crippen molar-refractivity contribution in [2.24, 2.45) is 0 Å². The van der Waals surface area contributed by atoms with Gasteiger partial charge in [-0.2, -0.15) is 5.26 Å². The first-order valence-electron chi connectivity index (χ1n) is 15.0. The van der Waals surface area contributed by atoms with Gasteiger partial charge in [-0.15, -0.1) is 0 Å². The van der Waals surface area contributed by atoms with Crippen molar-refractivity contribution in [2.45, 2.75) is 23.8 Å². The van der Waals surface area contributed by atoms with Crippen LogP contribution in [0.5, 0.6) is 5.75 Å². The molecule has 2 saturated heterocycles. The summed E-state index contributed by atoms with van der Waals surface area (Å²) in [4.78, 5) is 11.5. The fourth-order valence-corrected chi connectivity index (χ4v) is 7.47. The molecule has 228 valence electrons. The first-order valence-corrected chi connectivity index (χ1v) is 16.5. The molecule has 2 aliphatic rings. The fraction of sp³-hybridized carbons (Fsp3) is 0.265. The van der Waals surface area contributed by atoms with Gasteiger partial charge in [0.15, 0.2) is 5.65 Å². The second kappa shape index (κ2) is 12.3. The van der Waals surface area contributed by atoms with Crippen molar-refractivity contribution in [3.63, 3.8) is 0 Å². The maximum atomic E-state index is 14.2. The summed E-state index contributed by atoms with van der Waals surface area (Å²) in [5.41, 5.74) is 4.11. The zero-order chi connectivity index (χ0) is 30.8. The third-order valence-corrected chi connectivity index (χ3v) is 10.0. The summed E-state index contributed by atoms with van der Waals surface area (Å²) in [6.45, 7) is 4.92. The monoisotopic (exact) mass is 620 g/mol. The lowest BCUT2D eigenvalue weighted by atomic mass is 10.0. The maximum Gasteiger partial charge on any atom is 0.269 e. The van der Waals surface area contributed by atoms with Crippen LogP contribution in [0.25, 0.3) is 33.5 Å². The highest BCUT2D eigenvalue weighted by Crippen LogP contribution is 2.37. The van der Waals surface area contributed by atoms with E-state index in [1.165, 1.54) is 10.3 Å². The number of benzene rings is 3. The molecule has 0 spiro atoms. The molecule has 4 heterocycles. The second-order valence-electron chi connectivity index (χ2n) is 11.1. The van der Waals surface area contributed by atoms with Crippen LogP contribution in [0, 0.1) is 11.3 Å². The van der Waals surface area contributed by atoms with Crippen LogP contribution in [0.3, 0.4) is 0 Å². The normalized spacial score (nSPS) is 16.0. The van der Waals surface area contributed by atoms with Gasteiger partial charge in [-0.25, -0.2) is 22.4 Å². The molecule has 0 radical (unpaired) electrons. The third kappa shape index (κ3) is 5.64. The van der Waals surface area contributed by atoms with Crippen molar-refractivity contribution in [1.29, 1.82) is 5.26 Å². The number of piperazine rings is 1. The average molecular weight is 621 g/mol. The number of hydrogen-bond donors (Lipinski definition) is 1. The Hall–Kier alpha value is -4.76. The van der Waals surface area contributed by atoms with Crippen molar-refractivity contribution in [2.75, 3.05) is 44.3 Å². The zero-order valence-corrected chi connectivity index (χ0v) is 25.4. The van der Waals surface area contributed by atoms with E-state index in [1.54, 1.807) is 42.5 Å². The Labute approximate surface area is 261 Å². The summed E-state index contributed by atoms with van der Waals surface area (Å²) in [6, 6.07) is 25.8. The molecule has 0 atom stereocenters. The number of rotatable bonds is 7. The summed E-state index contributed by atoms with van der Waals surface area (Å²) in [7, 11) is -4.04. The Bertz CT molecular complexity index is 1980. The van der Waals surface area contributed by atoms with E-state index < -0.39 is 10.0 Å². The molecule has 2 fully saturated rings. The molecule has 0 aliphatic carbocycles. The number of fused-ring (bicyclic) bond motifs is 1. The second-order valence-corrected chi connectivity index (χ2v) is 12.9. The topological polar surface area (TPSA) is 122 Å². The van der Waals surface area contributed by atoms with E-state index in [1.807, 2.05) is 36.4 Å². The molecule has 2 aliphatic heterocycles. The molecule has 0 bridgehead atoms. The van der Waals surface area contributed by atoms with Gasteiger partial charge >= 0.3 is 0 Å². The van der Waals surface area contributed by atoms with E-state index in [4.69, 9.17) is 9.47 Å². The highest BCUT2D eigenvalue weighted by molar-refractivity contribution is 7.90. The fourth-order valence-electron chi connectivity index (χ4n) is 5.97. The molecule has 0 saturated carbocycles. The molecule has 0 amide bonds. The molecule has 7 rings (SSSR count). The van der Waals surface area contributed by atoms with Gasteiger partial charge in [-0.05, 0) is 54.1 Å². The number of nitrogens with one attached hydrogen (secondary N) is 1. The van der Waals surface area contributed by atoms with E-state index in [0.717, 1.165) is 50.3 Å². The Morgan fingerprint density at radius 2 is 1.64 bits per heavy atom. The zero-order valence-electron chi connectivity index (χ0n) is 24.6. The van der Waals surface area contributed by atoms with Gasteiger partial charge in [-0.1, -0.05) is 30.3 Å². The van der Waals surface area contributed by atoms with Crippen LogP contribution in [0.15, 0.2) is 90.1 Å². The highest BCUT2D eigenvalue weighted by atomic mass is 32.2. The molecule has 45 heavy (non-hydrogen) atoms. The van der Waals surface area contributed by atoms with E-state index in [2.05, 4.69) is 26.3 Å². The molecular formula is C34H32N6O4S. The molecule has 3 aromatic carbocycles. The molecule has 11 heteroatoms. The van der Waals surface area contributed by atoms with Gasteiger partial charge in [-0.3, -0.25) is 0 Å². The minimum absolute atomic E-state index is 0.0137. The van der Waals surface area contributed by atoms with Crippen LogP contribution in [0.1, 0.15) is 18.4 Å². The Kier molecular flexibility index (Phi) is 7.94. The summed E-state index contributed by atoms with van der Waals surface area (Å²) in [6.07, 6.45) is 2.88. The molecule has 5 aromatic rings. The summed E-state index contributed by atoms with van der Waals surface area (Å²) in [5.74, 6) is 0.507. The molecule has 2 aromatic heterocycles. The quantitative estimate of drug-likeness (QED) is 0.272. The number of nitrogens with zero attached hydrogens (tertiary/aromatic N) is 5. The third-order valence-electron chi connectivity index (χ3n) is 8.32. The Balaban J connectivity index is 1.35. The predicted octanol–water partition coefficient (Wildman–Crippen LogP) is 4.84. The lowest BCUT2D eigenvalue weighted by molar-refractivity contribution is 0.0254. The van der Waals surface area contributed by atoms with Gasteiger partial charge in [0.1, 0.15) is 24.3 Å². The molecule has 1 N–H and O–H groups in total. The van der Waals surface area contributed by atoms with Crippen LogP contribution in [0.4, 0.5) is 5.69 Å². The van der Waals surface area contributed by atoms with Gasteiger partial charge in [0.25, 0.3) is 10.0 Å². The van der Waals surface area contributed by atoms with E-state index in [0.29, 0.717) is 46.9 Å². The van der Waals surface area contributed by atoms with Crippen molar-refractivity contribution in [3.8, 4) is 34.3 Å². The van der Waals surface area contributed by atoms with E-state index in [9.17, 15) is 13.7 Å². The average Bonchev–Trinajstić information content (AvgIpc) is 3.51. The smallest absolute Gasteiger partial charge is 0.269 e. The molecule has 0 unspecified atom stereocenters. The number of aromatic nitrogens is 3. The van der Waals surface area contributed by atoms with E-state index >= 15 is 0 Å². The van der Waals surface area contributed by atoms with Crippen molar-refractivity contribution < 1.29 is 17.9 Å². The van der Waals surface area contributed by atoms with Gasteiger partial charge in [0, 0.05) is 55.7 Å². The molecular weight excluding hydrogens is 588 g/mol. The summed E-state index contributed by atoms with van der Waals surface area (Å²) in [5, 5.41) is 13.9. The lowest BCUT2D eigenvalue weighted by Gasteiger charge is -2.29. The largest absolute Gasteiger partial charge is 0.489 e. The van der Waals surface area contributed by atoms with Crippen molar-refractivity contribution >= 4 is 26.7 Å². The van der Waals surface area contributed by atoms with Crippen LogP contribution in [0.2, 0.25) is 0 Å². The summed E-state index contributed by atoms with van der Waals surface area (Å²) >= 11 is 0. The highest BCUT2D eigenvalue weighted by Gasteiger charge is 2.27. The van der Waals surface area contributed by atoms with Crippen molar-refractivity contribution in [3.05, 3.63) is 90.8 Å². The standard InChI is InChI=1S/C34H32N6O4S/c35-22-26-20-25(8-11-32(26)44-28-12-18-43-19-13-28)33-30-21-31(24-6-9-27(10-7-24)39-16-14-36-15-17-39)40(34(30)38-23-37-33)45(41,42)29-4-2-1-3-5-29/h1-11,20-21,23,28,36H,12-19H2. The molecule has 10 nitrogen and oxygen atoms in total. The minimum Gasteiger partial charge on any atom is -0.489 e. The van der Waals surface area contributed by atoms with Crippen LogP contribution in [-0.2, 0) is 14.8 Å². The number of anilines is 1. The first kappa shape index (κ1) is 29.0. The van der Waals surface area contributed by atoms with Crippen LogP contribution in [-0.4, -0.2) is 67.9 Å². The Morgan fingerprint density at radius 1 is 0.911 bits per heavy atom. The van der Waals surface area contributed by atoms with Gasteiger partial charge in [0.2, 0.25) is 0 Å². The SMILES string of the molecule is N#Cc1cc(-c2ncnc3c2cc(-c2ccc(N4CCNCC4)cc2)n3S(=O)(=O)c2ccccc2)ccc1OC1CCOCC1. The number of hydrogen-bond acceptors (Lipinski definition) is 9. The summed E-state index contributed by atoms with van der Waals surface area (Å²) < 4.78 is 41.3. The maximum absolute atomic E-state index is 14.2. The van der Waals surface area contributed by atoms with Crippen LogP contribution < -0.4 is 15.0 Å². The minimum atomic E-state index is -4.04. The number of nitriles is 1. The first-order chi connectivity index (χ1) is 22.0. The van der Waals surface area contributed by atoms with Gasteiger partial charge in [0.05, 0.1) is 35.1 Å². The number of ether oxygens (including phenoxy) is 2. The van der Waals surface area contributed by atoms with Gasteiger partial charge < -0.3 is 19.7 Å². The predicted molar refractivity (Wildman–Crippen MR) is 172 cm³/mol. The van der Waals surface area contributed by atoms with E-state index in [-0.39, 0.29) is 16.6 Å². The van der Waals surface area contributed by atoms with Crippen molar-refractivity contribution in [1.82, 2.24) is 19.3 Å². The van der Waals surface area contributed by atoms with Crippen LogP contribution >= 0.6 is 0 Å². The Morgan fingerprint density at radius 3 is 2.38 bits per heavy atom. The lowest BCUT2D eigenvalue weighted by Crippen LogP contribution is -2.43.